The van der Waals surface area contributed by atoms with Crippen molar-refractivity contribution < 1.29 is 0 Å². The van der Waals surface area contributed by atoms with E-state index in [9.17, 15) is 0 Å². The van der Waals surface area contributed by atoms with Gasteiger partial charge in [-0.1, -0.05) is 24.3 Å². The minimum atomic E-state index is 0.548. The van der Waals surface area contributed by atoms with Gasteiger partial charge in [-0.05, 0) is 11.6 Å². The van der Waals surface area contributed by atoms with Gasteiger partial charge in [-0.25, -0.2) is 9.98 Å². The van der Waals surface area contributed by atoms with Crippen LogP contribution in [0.5, 0.6) is 0 Å². The molecule has 1 aliphatic heterocycles. The van der Waals surface area contributed by atoms with Gasteiger partial charge in [0.2, 0.25) is 0 Å². The molecule has 0 amide bonds. The number of aromatic nitrogens is 2. The Balaban J connectivity index is 1.42. The van der Waals surface area contributed by atoms with Crippen LogP contribution in [0.3, 0.4) is 0 Å². The topological polar surface area (TPSA) is 70.6 Å². The van der Waals surface area contributed by atoms with Crippen molar-refractivity contribution in [3.63, 3.8) is 0 Å². The first-order valence-electron chi connectivity index (χ1n) is 8.33. The highest BCUT2D eigenvalue weighted by Crippen LogP contribution is 2.19. The van der Waals surface area contributed by atoms with Crippen molar-refractivity contribution in [2.24, 2.45) is 10.7 Å². The molecular weight excluding hydrogens is 332 g/mol. The van der Waals surface area contributed by atoms with Gasteiger partial charge in [-0.15, -0.1) is 11.3 Å². The second-order valence-electron chi connectivity index (χ2n) is 5.96. The third-order valence-electron chi connectivity index (χ3n) is 4.42. The van der Waals surface area contributed by atoms with Crippen molar-refractivity contribution in [1.29, 1.82) is 0 Å². The van der Waals surface area contributed by atoms with Gasteiger partial charge in [-0.3, -0.25) is 4.98 Å². The summed E-state index contributed by atoms with van der Waals surface area (Å²) in [6.07, 6.45) is 3.66. The predicted molar refractivity (Wildman–Crippen MR) is 103 cm³/mol. The number of anilines is 1. The summed E-state index contributed by atoms with van der Waals surface area (Å²) in [5.41, 5.74) is 8.32. The van der Waals surface area contributed by atoms with Crippen molar-refractivity contribution in [2.75, 3.05) is 31.1 Å². The molecule has 3 heterocycles. The van der Waals surface area contributed by atoms with E-state index < -0.39 is 0 Å². The van der Waals surface area contributed by atoms with Crippen LogP contribution >= 0.6 is 11.3 Å². The smallest absolute Gasteiger partial charge is 0.191 e. The van der Waals surface area contributed by atoms with E-state index in [2.05, 4.69) is 43.0 Å². The summed E-state index contributed by atoms with van der Waals surface area (Å²) < 4.78 is 0. The maximum atomic E-state index is 6.23. The van der Waals surface area contributed by atoms with E-state index in [1.54, 1.807) is 11.3 Å². The van der Waals surface area contributed by atoms with E-state index in [1.165, 1.54) is 0 Å². The van der Waals surface area contributed by atoms with E-state index in [4.69, 9.17) is 5.73 Å². The van der Waals surface area contributed by atoms with Gasteiger partial charge in [0.05, 0.1) is 12.1 Å². The second kappa shape index (κ2) is 7.06. The average molecular weight is 352 g/mol. The average Bonchev–Trinajstić information content (AvgIpc) is 3.21. The summed E-state index contributed by atoms with van der Waals surface area (Å²) in [6.45, 7) is 4.11. The standard InChI is InChI=1S/C18H20N6S/c19-17(23-8-10-24(11-9-23)18-21-7-12-25-18)22-13-15-4-1-3-14-5-2-6-20-16(14)15/h1-7,12H,8-11,13H2,(H2,19,22). The first kappa shape index (κ1) is 15.8. The fourth-order valence-corrected chi connectivity index (χ4v) is 3.76. The normalized spacial score (nSPS) is 15.8. The number of fused-ring (bicyclic) bond motifs is 1. The molecule has 6 nitrogen and oxygen atoms in total. The van der Waals surface area contributed by atoms with Crippen molar-refractivity contribution in [3.8, 4) is 0 Å². The van der Waals surface area contributed by atoms with Crippen LogP contribution in [0, 0.1) is 0 Å². The lowest BCUT2D eigenvalue weighted by Crippen LogP contribution is -2.51. The van der Waals surface area contributed by atoms with E-state index in [1.807, 2.05) is 29.9 Å². The zero-order valence-corrected chi connectivity index (χ0v) is 14.7. The monoisotopic (exact) mass is 352 g/mol. The molecule has 2 N–H and O–H groups in total. The van der Waals surface area contributed by atoms with Crippen LogP contribution in [-0.2, 0) is 6.54 Å². The van der Waals surface area contributed by atoms with Crippen molar-refractivity contribution in [1.82, 2.24) is 14.9 Å². The van der Waals surface area contributed by atoms with Crippen LogP contribution in [-0.4, -0.2) is 47.0 Å². The summed E-state index contributed by atoms with van der Waals surface area (Å²) >= 11 is 1.68. The fraction of sp³-hybridized carbons (Fsp3) is 0.278. The number of rotatable bonds is 3. The zero-order chi connectivity index (χ0) is 17.1. The second-order valence-corrected chi connectivity index (χ2v) is 6.83. The number of para-hydroxylation sites is 1. The Hall–Kier alpha value is -2.67. The molecule has 25 heavy (non-hydrogen) atoms. The lowest BCUT2D eigenvalue weighted by molar-refractivity contribution is 0.380. The highest BCUT2D eigenvalue weighted by atomic mass is 32.1. The van der Waals surface area contributed by atoms with Gasteiger partial charge in [0.15, 0.2) is 11.1 Å². The molecule has 0 aliphatic carbocycles. The van der Waals surface area contributed by atoms with E-state index in [-0.39, 0.29) is 0 Å². The van der Waals surface area contributed by atoms with Crippen LogP contribution in [0.1, 0.15) is 5.56 Å². The van der Waals surface area contributed by atoms with Gasteiger partial charge < -0.3 is 15.5 Å². The summed E-state index contributed by atoms with van der Waals surface area (Å²) in [7, 11) is 0. The number of hydrogen-bond donors (Lipinski definition) is 1. The molecule has 1 saturated heterocycles. The molecule has 4 rings (SSSR count). The molecule has 1 aliphatic rings. The highest BCUT2D eigenvalue weighted by molar-refractivity contribution is 7.13. The predicted octanol–water partition coefficient (Wildman–Crippen LogP) is 2.33. The first-order chi connectivity index (χ1) is 12.3. The quantitative estimate of drug-likeness (QED) is 0.579. The van der Waals surface area contributed by atoms with Crippen molar-refractivity contribution in [2.45, 2.75) is 6.54 Å². The SMILES string of the molecule is NC(=NCc1cccc2cccnc12)N1CCN(c2nccs2)CC1. The first-order valence-corrected chi connectivity index (χ1v) is 9.21. The van der Waals surface area contributed by atoms with Crippen molar-refractivity contribution >= 4 is 33.3 Å². The highest BCUT2D eigenvalue weighted by Gasteiger charge is 2.19. The summed E-state index contributed by atoms with van der Waals surface area (Å²) in [5.74, 6) is 0.603. The molecule has 7 heteroatoms. The van der Waals surface area contributed by atoms with E-state index in [0.717, 1.165) is 47.8 Å². The molecule has 128 valence electrons. The van der Waals surface area contributed by atoms with Gasteiger partial charge >= 0.3 is 0 Å². The Morgan fingerprint density at radius 1 is 1.08 bits per heavy atom. The molecule has 0 unspecified atom stereocenters. The van der Waals surface area contributed by atoms with Crippen LogP contribution in [0.4, 0.5) is 5.13 Å². The van der Waals surface area contributed by atoms with Gasteiger partial charge in [0.1, 0.15) is 0 Å². The molecule has 0 radical (unpaired) electrons. The number of hydrogen-bond acceptors (Lipinski definition) is 5. The molecule has 1 fully saturated rings. The minimum Gasteiger partial charge on any atom is -0.370 e. The molecule has 0 atom stereocenters. The fourth-order valence-electron chi connectivity index (χ4n) is 3.06. The number of aliphatic imine (C=N–C) groups is 1. The van der Waals surface area contributed by atoms with Crippen LogP contribution in [0.15, 0.2) is 53.1 Å². The molecule has 0 spiro atoms. The summed E-state index contributed by atoms with van der Waals surface area (Å²) in [6, 6.07) is 10.2. The number of nitrogens with zero attached hydrogens (tertiary/aromatic N) is 5. The molecule has 0 bridgehead atoms. The Labute approximate surface area is 150 Å². The number of piperazine rings is 1. The van der Waals surface area contributed by atoms with Crippen molar-refractivity contribution in [3.05, 3.63) is 53.7 Å². The van der Waals surface area contributed by atoms with Gasteiger partial charge in [-0.2, -0.15) is 0 Å². The van der Waals surface area contributed by atoms with E-state index >= 15 is 0 Å². The maximum absolute atomic E-state index is 6.23. The molecule has 1 aromatic carbocycles. The Morgan fingerprint density at radius 3 is 2.72 bits per heavy atom. The zero-order valence-electron chi connectivity index (χ0n) is 13.9. The summed E-state index contributed by atoms with van der Waals surface area (Å²) in [4.78, 5) is 17.9. The molecular formula is C18H20N6S. The minimum absolute atomic E-state index is 0.548. The van der Waals surface area contributed by atoms with E-state index in [0.29, 0.717) is 12.5 Å². The van der Waals surface area contributed by atoms with Crippen LogP contribution < -0.4 is 10.6 Å². The maximum Gasteiger partial charge on any atom is 0.191 e. The Morgan fingerprint density at radius 2 is 1.92 bits per heavy atom. The number of guanidine groups is 1. The number of thiazole rings is 1. The third kappa shape index (κ3) is 3.41. The number of pyridine rings is 1. The number of nitrogens with two attached hydrogens (primary N) is 1. The van der Waals surface area contributed by atoms with Gasteiger partial charge in [0, 0.05) is 49.3 Å². The Bertz CT molecular complexity index is 863. The molecule has 3 aromatic rings. The van der Waals surface area contributed by atoms with Gasteiger partial charge in [0.25, 0.3) is 0 Å². The number of benzene rings is 1. The van der Waals surface area contributed by atoms with Crippen LogP contribution in [0.2, 0.25) is 0 Å². The third-order valence-corrected chi connectivity index (χ3v) is 5.25. The lowest BCUT2D eigenvalue weighted by Gasteiger charge is -2.35. The molecule has 0 saturated carbocycles. The molecule has 2 aromatic heterocycles. The summed E-state index contributed by atoms with van der Waals surface area (Å²) in [5, 5.41) is 4.22. The lowest BCUT2D eigenvalue weighted by atomic mass is 10.1. The Kier molecular flexibility index (Phi) is 4.47. The largest absolute Gasteiger partial charge is 0.370 e. The van der Waals surface area contributed by atoms with Crippen LogP contribution in [0.25, 0.3) is 10.9 Å².